The van der Waals surface area contributed by atoms with Crippen LogP contribution in [0.25, 0.3) is 0 Å². The van der Waals surface area contributed by atoms with Gasteiger partial charge in [0.1, 0.15) is 0 Å². The van der Waals surface area contributed by atoms with Gasteiger partial charge in [0.05, 0.1) is 11.4 Å². The van der Waals surface area contributed by atoms with Crippen LogP contribution in [0.15, 0.2) is 18.2 Å². The maximum Gasteiger partial charge on any atom is 0.251 e. The first-order chi connectivity index (χ1) is 9.02. The summed E-state index contributed by atoms with van der Waals surface area (Å²) in [7, 11) is 1.64. The second-order valence-electron chi connectivity index (χ2n) is 5.52. The highest BCUT2D eigenvalue weighted by Crippen LogP contribution is 2.32. The Hall–Kier alpha value is -1.71. The van der Waals surface area contributed by atoms with Crippen molar-refractivity contribution in [3.8, 4) is 0 Å². The van der Waals surface area contributed by atoms with Gasteiger partial charge in [-0.2, -0.15) is 0 Å². The van der Waals surface area contributed by atoms with Crippen molar-refractivity contribution in [2.75, 3.05) is 24.2 Å². The summed E-state index contributed by atoms with van der Waals surface area (Å²) in [6.07, 6.45) is 2.34. The van der Waals surface area contributed by atoms with E-state index in [1.807, 2.05) is 12.1 Å². The Bertz CT molecular complexity index is 472. The highest BCUT2D eigenvalue weighted by Gasteiger charge is 2.24. The topological polar surface area (TPSA) is 58.4 Å². The van der Waals surface area contributed by atoms with Gasteiger partial charge in [-0.05, 0) is 43.9 Å². The van der Waals surface area contributed by atoms with Crippen molar-refractivity contribution < 1.29 is 4.79 Å². The molecule has 1 aliphatic heterocycles. The van der Waals surface area contributed by atoms with Crippen molar-refractivity contribution >= 4 is 17.3 Å². The van der Waals surface area contributed by atoms with Gasteiger partial charge < -0.3 is 16.0 Å². The van der Waals surface area contributed by atoms with Crippen LogP contribution in [0, 0.1) is 5.92 Å². The third-order valence-corrected chi connectivity index (χ3v) is 3.97. The number of hydrogen-bond acceptors (Lipinski definition) is 3. The number of rotatable bonds is 2. The highest BCUT2D eigenvalue weighted by molar-refractivity contribution is 5.96. The first-order valence-corrected chi connectivity index (χ1v) is 6.91. The van der Waals surface area contributed by atoms with E-state index in [4.69, 9.17) is 5.73 Å². The minimum absolute atomic E-state index is 0.0701. The van der Waals surface area contributed by atoms with E-state index in [9.17, 15) is 4.79 Å². The summed E-state index contributed by atoms with van der Waals surface area (Å²) in [4.78, 5) is 14.0. The molecular formula is C15H23N3O. The van der Waals surface area contributed by atoms with Gasteiger partial charge in [0, 0.05) is 25.2 Å². The average Bonchev–Trinajstić information content (AvgIpc) is 2.39. The van der Waals surface area contributed by atoms with Crippen molar-refractivity contribution in [1.29, 1.82) is 0 Å². The number of nitrogens with zero attached hydrogens (tertiary/aromatic N) is 1. The van der Waals surface area contributed by atoms with E-state index in [0.717, 1.165) is 23.8 Å². The molecule has 1 heterocycles. The molecule has 2 atom stereocenters. The van der Waals surface area contributed by atoms with Gasteiger partial charge in [0.25, 0.3) is 5.91 Å². The number of amides is 1. The molecule has 0 aliphatic carbocycles. The van der Waals surface area contributed by atoms with Crippen molar-refractivity contribution in [1.82, 2.24) is 5.32 Å². The quantitative estimate of drug-likeness (QED) is 0.803. The molecule has 0 bridgehead atoms. The summed E-state index contributed by atoms with van der Waals surface area (Å²) in [6, 6.07) is 5.96. The zero-order chi connectivity index (χ0) is 14.0. The minimum Gasteiger partial charge on any atom is -0.397 e. The number of anilines is 2. The van der Waals surface area contributed by atoms with Crippen LogP contribution in [0.5, 0.6) is 0 Å². The SMILES string of the molecule is CNC(=O)c1ccc(N)c(N2CCC(C)CC2C)c1. The number of piperidine rings is 1. The van der Waals surface area contributed by atoms with Crippen LogP contribution in [0.4, 0.5) is 11.4 Å². The maximum atomic E-state index is 11.7. The molecule has 3 N–H and O–H groups in total. The Morgan fingerprint density at radius 2 is 2.16 bits per heavy atom. The van der Waals surface area contributed by atoms with Crippen LogP contribution < -0.4 is 16.0 Å². The molecule has 4 nitrogen and oxygen atoms in total. The highest BCUT2D eigenvalue weighted by atomic mass is 16.1. The number of nitrogen functional groups attached to an aromatic ring is 1. The van der Waals surface area contributed by atoms with E-state index in [0.29, 0.717) is 11.6 Å². The molecule has 4 heteroatoms. The Labute approximate surface area is 115 Å². The fourth-order valence-corrected chi connectivity index (χ4v) is 2.84. The number of benzene rings is 1. The van der Waals surface area contributed by atoms with E-state index < -0.39 is 0 Å². The molecule has 19 heavy (non-hydrogen) atoms. The van der Waals surface area contributed by atoms with E-state index in [1.165, 1.54) is 12.8 Å². The van der Waals surface area contributed by atoms with E-state index in [1.54, 1.807) is 13.1 Å². The zero-order valence-corrected chi connectivity index (χ0v) is 11.9. The van der Waals surface area contributed by atoms with Crippen molar-refractivity contribution in [3.63, 3.8) is 0 Å². The number of hydrogen-bond donors (Lipinski definition) is 2. The predicted molar refractivity (Wildman–Crippen MR) is 79.5 cm³/mol. The van der Waals surface area contributed by atoms with Crippen LogP contribution >= 0.6 is 0 Å². The average molecular weight is 261 g/mol. The fourth-order valence-electron chi connectivity index (χ4n) is 2.84. The number of nitrogens with two attached hydrogens (primary N) is 1. The summed E-state index contributed by atoms with van der Waals surface area (Å²) in [5, 5.41) is 2.65. The Morgan fingerprint density at radius 1 is 1.42 bits per heavy atom. The molecule has 1 amide bonds. The summed E-state index contributed by atoms with van der Waals surface area (Å²) < 4.78 is 0. The Kier molecular flexibility index (Phi) is 3.98. The summed E-state index contributed by atoms with van der Waals surface area (Å²) in [5.74, 6) is 0.689. The number of carbonyl (C=O) groups is 1. The molecule has 1 aliphatic rings. The first-order valence-electron chi connectivity index (χ1n) is 6.91. The van der Waals surface area contributed by atoms with Gasteiger partial charge in [-0.25, -0.2) is 0 Å². The van der Waals surface area contributed by atoms with Gasteiger partial charge in [-0.15, -0.1) is 0 Å². The first kappa shape index (κ1) is 13.7. The van der Waals surface area contributed by atoms with Crippen LogP contribution in [0.3, 0.4) is 0 Å². The predicted octanol–water partition coefficient (Wildman–Crippen LogP) is 2.25. The lowest BCUT2D eigenvalue weighted by Crippen LogP contribution is -2.40. The van der Waals surface area contributed by atoms with Crippen LogP contribution in [0.1, 0.15) is 37.0 Å². The van der Waals surface area contributed by atoms with Gasteiger partial charge in [-0.3, -0.25) is 4.79 Å². The number of carbonyl (C=O) groups excluding carboxylic acids is 1. The van der Waals surface area contributed by atoms with E-state index >= 15 is 0 Å². The summed E-state index contributed by atoms with van der Waals surface area (Å²) in [6.45, 7) is 5.52. The lowest BCUT2D eigenvalue weighted by atomic mass is 9.92. The van der Waals surface area contributed by atoms with Crippen molar-refractivity contribution in [2.24, 2.45) is 5.92 Å². The largest absolute Gasteiger partial charge is 0.397 e. The molecule has 1 fully saturated rings. The smallest absolute Gasteiger partial charge is 0.251 e. The second kappa shape index (κ2) is 5.51. The van der Waals surface area contributed by atoms with Crippen LogP contribution in [-0.2, 0) is 0 Å². The fraction of sp³-hybridized carbons (Fsp3) is 0.533. The van der Waals surface area contributed by atoms with Crippen molar-refractivity contribution in [3.05, 3.63) is 23.8 Å². The molecule has 0 radical (unpaired) electrons. The third-order valence-electron chi connectivity index (χ3n) is 3.97. The lowest BCUT2D eigenvalue weighted by Gasteiger charge is -2.39. The zero-order valence-electron chi connectivity index (χ0n) is 11.9. The lowest BCUT2D eigenvalue weighted by molar-refractivity contribution is 0.0963. The van der Waals surface area contributed by atoms with E-state index in [-0.39, 0.29) is 5.91 Å². The standard InChI is InChI=1S/C15H23N3O/c1-10-6-7-18(11(2)8-10)14-9-12(15(19)17-3)4-5-13(14)16/h4-5,9-11H,6-8,16H2,1-3H3,(H,17,19). The molecule has 0 spiro atoms. The number of nitrogens with one attached hydrogen (secondary N) is 1. The molecule has 1 aromatic rings. The second-order valence-corrected chi connectivity index (χ2v) is 5.52. The molecule has 1 aromatic carbocycles. The van der Waals surface area contributed by atoms with Gasteiger partial charge in [0.15, 0.2) is 0 Å². The molecule has 1 saturated heterocycles. The molecule has 2 rings (SSSR count). The minimum atomic E-state index is -0.0701. The Balaban J connectivity index is 2.30. The van der Waals surface area contributed by atoms with Crippen LogP contribution in [0.2, 0.25) is 0 Å². The summed E-state index contributed by atoms with van der Waals surface area (Å²) >= 11 is 0. The van der Waals surface area contributed by atoms with Crippen molar-refractivity contribution in [2.45, 2.75) is 32.7 Å². The molecule has 104 valence electrons. The summed E-state index contributed by atoms with van der Waals surface area (Å²) in [5.41, 5.74) is 8.48. The van der Waals surface area contributed by atoms with Crippen LogP contribution in [-0.4, -0.2) is 25.5 Å². The normalized spacial score (nSPS) is 23.2. The van der Waals surface area contributed by atoms with E-state index in [2.05, 4.69) is 24.1 Å². The maximum absolute atomic E-state index is 11.7. The van der Waals surface area contributed by atoms with Gasteiger partial charge in [-0.1, -0.05) is 6.92 Å². The monoisotopic (exact) mass is 261 g/mol. The molecular weight excluding hydrogens is 238 g/mol. The Morgan fingerprint density at radius 3 is 2.79 bits per heavy atom. The molecule has 0 aromatic heterocycles. The third kappa shape index (κ3) is 2.83. The molecule has 2 unspecified atom stereocenters. The van der Waals surface area contributed by atoms with Gasteiger partial charge in [0.2, 0.25) is 0 Å². The molecule has 0 saturated carbocycles. The van der Waals surface area contributed by atoms with Gasteiger partial charge >= 0.3 is 0 Å².